The summed E-state index contributed by atoms with van der Waals surface area (Å²) in [6.07, 6.45) is 6.45. The first-order valence-corrected chi connectivity index (χ1v) is 5.36. The maximum absolute atomic E-state index is 4.32. The van der Waals surface area contributed by atoms with Gasteiger partial charge in [-0.1, -0.05) is 0 Å². The molecule has 1 fully saturated rings. The van der Waals surface area contributed by atoms with Gasteiger partial charge in [0.15, 0.2) is 0 Å². The van der Waals surface area contributed by atoms with Gasteiger partial charge in [0.25, 0.3) is 0 Å². The van der Waals surface area contributed by atoms with Crippen molar-refractivity contribution < 1.29 is 0 Å². The Morgan fingerprint density at radius 1 is 1.43 bits per heavy atom. The number of nitrogens with zero attached hydrogens (tertiary/aromatic N) is 3. The second-order valence-electron chi connectivity index (χ2n) is 4.48. The third-order valence-electron chi connectivity index (χ3n) is 3.49. The Hall–Kier alpha value is -0.960. The van der Waals surface area contributed by atoms with Crippen LogP contribution < -0.4 is 0 Å². The lowest BCUT2D eigenvalue weighted by Gasteiger charge is -2.22. The molecule has 1 saturated carbocycles. The lowest BCUT2D eigenvalue weighted by molar-refractivity contribution is 0.191. The molecule has 1 atom stereocenters. The highest BCUT2D eigenvalue weighted by molar-refractivity contribution is 5.20. The van der Waals surface area contributed by atoms with Crippen LogP contribution in [0.15, 0.2) is 12.5 Å². The zero-order valence-corrected chi connectivity index (χ0v) is 8.48. The standard InChI is InChI=1S/C11H15N3/c1-8(9-2-3-9)14-5-10-4-12-7-13-11(10)6-14/h4,7-9H,2-3,5-6H2,1H3. The molecule has 0 spiro atoms. The van der Waals surface area contributed by atoms with Crippen LogP contribution in [0.3, 0.4) is 0 Å². The highest BCUT2D eigenvalue weighted by atomic mass is 15.2. The van der Waals surface area contributed by atoms with Gasteiger partial charge in [0.05, 0.1) is 5.69 Å². The van der Waals surface area contributed by atoms with Crippen molar-refractivity contribution in [2.75, 3.05) is 0 Å². The van der Waals surface area contributed by atoms with Crippen molar-refractivity contribution in [2.45, 2.75) is 38.9 Å². The molecule has 2 heterocycles. The van der Waals surface area contributed by atoms with Crippen molar-refractivity contribution in [3.63, 3.8) is 0 Å². The summed E-state index contributed by atoms with van der Waals surface area (Å²) < 4.78 is 0. The molecule has 0 aromatic carbocycles. The van der Waals surface area contributed by atoms with Crippen molar-refractivity contribution in [2.24, 2.45) is 5.92 Å². The lowest BCUT2D eigenvalue weighted by atomic mass is 10.2. The quantitative estimate of drug-likeness (QED) is 0.707. The van der Waals surface area contributed by atoms with Crippen molar-refractivity contribution in [3.05, 3.63) is 23.8 Å². The molecule has 1 aliphatic carbocycles. The molecule has 2 aliphatic rings. The van der Waals surface area contributed by atoms with Gasteiger partial charge in [-0.05, 0) is 25.7 Å². The van der Waals surface area contributed by atoms with Crippen molar-refractivity contribution in [3.8, 4) is 0 Å². The summed E-state index contributed by atoms with van der Waals surface area (Å²) >= 11 is 0. The number of hydrogen-bond acceptors (Lipinski definition) is 3. The lowest BCUT2D eigenvalue weighted by Crippen LogP contribution is -2.29. The van der Waals surface area contributed by atoms with E-state index in [1.165, 1.54) is 24.1 Å². The predicted octanol–water partition coefficient (Wildman–Crippen LogP) is 1.59. The van der Waals surface area contributed by atoms with Gasteiger partial charge in [-0.25, -0.2) is 9.97 Å². The molecule has 1 aromatic rings. The Bertz CT molecular complexity index is 321. The minimum absolute atomic E-state index is 0.726. The van der Waals surface area contributed by atoms with E-state index < -0.39 is 0 Å². The predicted molar refractivity (Wildman–Crippen MR) is 53.5 cm³/mol. The van der Waals surface area contributed by atoms with Crippen molar-refractivity contribution >= 4 is 0 Å². The molecule has 3 rings (SSSR count). The molecule has 1 aromatic heterocycles. The SMILES string of the molecule is CC(C1CC1)N1Cc2cncnc2C1. The first-order chi connectivity index (χ1) is 6.84. The molecule has 0 radical (unpaired) electrons. The zero-order valence-electron chi connectivity index (χ0n) is 8.48. The van der Waals surface area contributed by atoms with Crippen LogP contribution in [0.4, 0.5) is 0 Å². The van der Waals surface area contributed by atoms with Crippen LogP contribution in [0, 0.1) is 5.92 Å². The zero-order chi connectivity index (χ0) is 9.54. The van der Waals surface area contributed by atoms with Crippen LogP contribution in [0.5, 0.6) is 0 Å². The van der Waals surface area contributed by atoms with E-state index in [0.717, 1.165) is 25.0 Å². The van der Waals surface area contributed by atoms with E-state index in [4.69, 9.17) is 0 Å². The monoisotopic (exact) mass is 189 g/mol. The first-order valence-electron chi connectivity index (χ1n) is 5.36. The summed E-state index contributed by atoms with van der Waals surface area (Å²) in [5.74, 6) is 0.942. The molecule has 0 bridgehead atoms. The van der Waals surface area contributed by atoms with Crippen LogP contribution in [-0.2, 0) is 13.1 Å². The summed E-state index contributed by atoms with van der Waals surface area (Å²) in [4.78, 5) is 10.9. The van der Waals surface area contributed by atoms with E-state index in [1.807, 2.05) is 6.20 Å². The van der Waals surface area contributed by atoms with E-state index in [2.05, 4.69) is 21.8 Å². The molecule has 0 amide bonds. The smallest absolute Gasteiger partial charge is 0.115 e. The maximum Gasteiger partial charge on any atom is 0.115 e. The minimum atomic E-state index is 0.726. The van der Waals surface area contributed by atoms with Gasteiger partial charge in [0, 0.05) is 30.9 Å². The van der Waals surface area contributed by atoms with Gasteiger partial charge in [-0.15, -0.1) is 0 Å². The Balaban J connectivity index is 1.77. The summed E-state index contributed by atoms with van der Waals surface area (Å²) in [5.41, 5.74) is 2.55. The summed E-state index contributed by atoms with van der Waals surface area (Å²) in [6.45, 7) is 4.42. The average Bonchev–Trinajstić information content (AvgIpc) is 2.95. The molecule has 1 aliphatic heterocycles. The van der Waals surface area contributed by atoms with Crippen molar-refractivity contribution in [1.82, 2.24) is 14.9 Å². The van der Waals surface area contributed by atoms with Gasteiger partial charge in [-0.3, -0.25) is 4.90 Å². The fourth-order valence-corrected chi connectivity index (χ4v) is 2.29. The Labute approximate surface area is 84.2 Å². The van der Waals surface area contributed by atoms with Gasteiger partial charge in [0.1, 0.15) is 6.33 Å². The van der Waals surface area contributed by atoms with Crippen LogP contribution in [0.1, 0.15) is 31.0 Å². The minimum Gasteiger partial charge on any atom is -0.290 e. The molecule has 3 heteroatoms. The van der Waals surface area contributed by atoms with Crippen LogP contribution in [0.2, 0.25) is 0 Å². The highest BCUT2D eigenvalue weighted by Crippen LogP contribution is 2.37. The second kappa shape index (κ2) is 3.02. The molecular formula is C11H15N3. The molecule has 0 saturated heterocycles. The Morgan fingerprint density at radius 2 is 2.29 bits per heavy atom. The molecule has 3 nitrogen and oxygen atoms in total. The highest BCUT2D eigenvalue weighted by Gasteiger charge is 2.34. The summed E-state index contributed by atoms with van der Waals surface area (Å²) in [5, 5.41) is 0. The van der Waals surface area contributed by atoms with E-state index in [1.54, 1.807) is 6.33 Å². The van der Waals surface area contributed by atoms with Gasteiger partial charge >= 0.3 is 0 Å². The normalized spacial score (nSPS) is 23.5. The molecule has 74 valence electrons. The molecular weight excluding hydrogens is 174 g/mol. The summed E-state index contributed by atoms with van der Waals surface area (Å²) in [6, 6.07) is 0.726. The fraction of sp³-hybridized carbons (Fsp3) is 0.636. The van der Waals surface area contributed by atoms with E-state index >= 15 is 0 Å². The van der Waals surface area contributed by atoms with E-state index in [-0.39, 0.29) is 0 Å². The number of rotatable bonds is 2. The third-order valence-corrected chi connectivity index (χ3v) is 3.49. The number of hydrogen-bond donors (Lipinski definition) is 0. The van der Waals surface area contributed by atoms with Gasteiger partial charge in [0.2, 0.25) is 0 Å². The summed E-state index contributed by atoms with van der Waals surface area (Å²) in [7, 11) is 0. The Kier molecular flexibility index (Phi) is 1.80. The van der Waals surface area contributed by atoms with Crippen LogP contribution >= 0.6 is 0 Å². The molecule has 14 heavy (non-hydrogen) atoms. The average molecular weight is 189 g/mol. The topological polar surface area (TPSA) is 29.0 Å². The largest absolute Gasteiger partial charge is 0.290 e. The Morgan fingerprint density at radius 3 is 3.00 bits per heavy atom. The van der Waals surface area contributed by atoms with Crippen molar-refractivity contribution in [1.29, 1.82) is 0 Å². The third kappa shape index (κ3) is 1.32. The first kappa shape index (κ1) is 8.36. The van der Waals surface area contributed by atoms with Gasteiger partial charge < -0.3 is 0 Å². The molecule has 0 N–H and O–H groups in total. The fourth-order valence-electron chi connectivity index (χ4n) is 2.29. The maximum atomic E-state index is 4.32. The van der Waals surface area contributed by atoms with Gasteiger partial charge in [-0.2, -0.15) is 0 Å². The number of fused-ring (bicyclic) bond motifs is 1. The second-order valence-corrected chi connectivity index (χ2v) is 4.48. The van der Waals surface area contributed by atoms with E-state index in [9.17, 15) is 0 Å². The van der Waals surface area contributed by atoms with E-state index in [0.29, 0.717) is 0 Å². The number of aromatic nitrogens is 2. The van der Waals surface area contributed by atoms with Crippen LogP contribution in [-0.4, -0.2) is 20.9 Å². The van der Waals surface area contributed by atoms with Crippen LogP contribution in [0.25, 0.3) is 0 Å². The molecule has 1 unspecified atom stereocenters.